The molecule has 3 aromatic carbocycles. The van der Waals surface area contributed by atoms with Crippen molar-refractivity contribution in [2.45, 2.75) is 42.7 Å². The molecule has 0 saturated carbocycles. The van der Waals surface area contributed by atoms with Gasteiger partial charge in [-0.2, -0.15) is 22.0 Å². The number of alkyl halides is 5. The maximum atomic E-state index is 15.2. The van der Waals surface area contributed by atoms with Crippen LogP contribution in [0.2, 0.25) is 0 Å². The molecule has 2 aliphatic rings. The normalized spacial score (nSPS) is 19.0. The second-order valence-corrected chi connectivity index (χ2v) is 14.6. The minimum Gasteiger partial charge on any atom is -0.432 e. The number of rotatable bonds is 8. The highest BCUT2D eigenvalue weighted by Gasteiger charge is 2.42. The van der Waals surface area contributed by atoms with E-state index in [0.717, 1.165) is 22.7 Å². The van der Waals surface area contributed by atoms with Gasteiger partial charge in [0.1, 0.15) is 11.8 Å². The fourth-order valence-electron chi connectivity index (χ4n) is 5.44. The first-order valence-electron chi connectivity index (χ1n) is 13.3. The molecule has 0 radical (unpaired) electrons. The first-order chi connectivity index (χ1) is 20.9. The fourth-order valence-corrected chi connectivity index (χ4v) is 7.44. The third-order valence-corrected chi connectivity index (χ3v) is 9.74. The van der Waals surface area contributed by atoms with E-state index in [0.29, 0.717) is 30.7 Å². The van der Waals surface area contributed by atoms with Gasteiger partial charge in [0.15, 0.2) is 21.4 Å². The highest BCUT2D eigenvalue weighted by Crippen LogP contribution is 2.45. The minimum atomic E-state index is -4.85. The maximum Gasteiger partial charge on any atom is 0.416 e. The Bertz CT molecular complexity index is 1820. The average molecular weight is 683 g/mol. The van der Waals surface area contributed by atoms with Crippen LogP contribution in [-0.2, 0) is 30.8 Å². The van der Waals surface area contributed by atoms with E-state index < -0.39 is 84.1 Å². The predicted octanol–water partition coefficient (Wildman–Crippen LogP) is 5.82. The first-order valence-corrected chi connectivity index (χ1v) is 16.8. The summed E-state index contributed by atoms with van der Waals surface area (Å²) < 4.78 is 157. The van der Waals surface area contributed by atoms with Gasteiger partial charge in [-0.3, -0.25) is 4.31 Å². The van der Waals surface area contributed by atoms with Gasteiger partial charge < -0.3 is 14.4 Å². The van der Waals surface area contributed by atoms with Crippen molar-refractivity contribution in [2.24, 2.45) is 0 Å². The Labute approximate surface area is 253 Å². The van der Waals surface area contributed by atoms with Crippen molar-refractivity contribution in [1.82, 2.24) is 0 Å². The zero-order chi connectivity index (χ0) is 32.9. The summed E-state index contributed by atoms with van der Waals surface area (Å²) in [6.07, 6.45) is -3.92. The summed E-state index contributed by atoms with van der Waals surface area (Å²) in [6, 6.07) is 7.51. The number of nitrogens with zero attached hydrogens (tertiary/aromatic N) is 2. The first kappa shape index (κ1) is 32.8. The summed E-state index contributed by atoms with van der Waals surface area (Å²) in [5, 5.41) is 0. The summed E-state index contributed by atoms with van der Waals surface area (Å²) in [5.74, 6) is -4.11. The third kappa shape index (κ3) is 6.99. The van der Waals surface area contributed by atoms with Crippen molar-refractivity contribution in [2.75, 3.05) is 34.5 Å². The average Bonchev–Trinajstić information content (AvgIpc) is 2.95. The van der Waals surface area contributed by atoms with Crippen LogP contribution in [0.1, 0.15) is 18.4 Å². The van der Waals surface area contributed by atoms with Crippen molar-refractivity contribution >= 4 is 31.2 Å². The summed E-state index contributed by atoms with van der Waals surface area (Å²) in [6.45, 7) is -3.52. The lowest BCUT2D eigenvalue weighted by atomic mass is 9.94. The topological polar surface area (TPSA) is 93.2 Å². The second kappa shape index (κ2) is 12.0. The Morgan fingerprint density at radius 3 is 2.38 bits per heavy atom. The predicted molar refractivity (Wildman–Crippen MR) is 149 cm³/mol. The molecule has 0 aromatic heterocycles. The molecule has 0 aliphatic carbocycles. The molecule has 8 nitrogen and oxygen atoms in total. The molecule has 0 N–H and O–H groups in total. The molecule has 1 fully saturated rings. The van der Waals surface area contributed by atoms with Gasteiger partial charge in [0.05, 0.1) is 40.5 Å². The Morgan fingerprint density at radius 1 is 0.978 bits per heavy atom. The van der Waals surface area contributed by atoms with E-state index >= 15 is 4.39 Å². The monoisotopic (exact) mass is 682 g/mol. The molecule has 1 saturated heterocycles. The number of sulfone groups is 1. The molecule has 2 atom stereocenters. The van der Waals surface area contributed by atoms with E-state index in [9.17, 15) is 43.2 Å². The van der Waals surface area contributed by atoms with Crippen LogP contribution in [0.3, 0.4) is 0 Å². The largest absolute Gasteiger partial charge is 0.432 e. The standard InChI is InChI=1S/C28H25F7N2O6S2/c1-44(38,39)15-42-20-7-8-36-19(13-20)14-37(45(40,41)21-4-2-3-17(10-21)28(33,34)35)24-9-16(5-6-23(24)36)22-11-18(29)12-25(26(22)30)43-27(31)32/h2-6,9-12,19-20,27H,7-8,13-15H2,1H3/t19-,20?/m0/s1. The van der Waals surface area contributed by atoms with Crippen LogP contribution in [0.25, 0.3) is 11.1 Å². The molecule has 17 heteroatoms. The van der Waals surface area contributed by atoms with Crippen LogP contribution in [0, 0.1) is 11.6 Å². The van der Waals surface area contributed by atoms with E-state index in [1.165, 1.54) is 18.2 Å². The van der Waals surface area contributed by atoms with Crippen molar-refractivity contribution in [3.8, 4) is 16.9 Å². The maximum absolute atomic E-state index is 15.2. The number of hydrogen-bond acceptors (Lipinski definition) is 7. The SMILES string of the molecule is CS(=O)(=O)COC1CCN2c3ccc(-c4cc(F)cc(OC(F)F)c4F)cc3N(S(=O)(=O)c3cccc(C(F)(F)F)c3)C[C@@H]2C1. The van der Waals surface area contributed by atoms with E-state index in [4.69, 9.17) is 4.74 Å². The van der Waals surface area contributed by atoms with Gasteiger partial charge in [-0.25, -0.2) is 25.6 Å². The molecule has 2 heterocycles. The molecule has 5 rings (SSSR count). The molecule has 244 valence electrons. The summed E-state index contributed by atoms with van der Waals surface area (Å²) >= 11 is 0. The fraction of sp³-hybridized carbons (Fsp3) is 0.357. The Morgan fingerprint density at radius 2 is 1.71 bits per heavy atom. The molecule has 2 aliphatic heterocycles. The minimum absolute atomic E-state index is 0.0864. The summed E-state index contributed by atoms with van der Waals surface area (Å²) in [7, 11) is -8.20. The van der Waals surface area contributed by atoms with Gasteiger partial charge in [-0.15, -0.1) is 0 Å². The molecular weight excluding hydrogens is 657 g/mol. The zero-order valence-electron chi connectivity index (χ0n) is 23.3. The van der Waals surface area contributed by atoms with Crippen LogP contribution >= 0.6 is 0 Å². The van der Waals surface area contributed by atoms with Crippen LogP contribution in [0.15, 0.2) is 59.5 Å². The van der Waals surface area contributed by atoms with Crippen LogP contribution in [0.5, 0.6) is 5.75 Å². The smallest absolute Gasteiger partial charge is 0.416 e. The van der Waals surface area contributed by atoms with Gasteiger partial charge in [0.25, 0.3) is 10.0 Å². The van der Waals surface area contributed by atoms with Gasteiger partial charge >= 0.3 is 12.8 Å². The molecular formula is C28H25F7N2O6S2. The number of benzene rings is 3. The lowest BCUT2D eigenvalue weighted by Crippen LogP contribution is -2.55. The number of sulfonamides is 1. The molecule has 3 aromatic rings. The summed E-state index contributed by atoms with van der Waals surface area (Å²) in [4.78, 5) is 1.12. The van der Waals surface area contributed by atoms with Crippen LogP contribution in [0.4, 0.5) is 42.1 Å². The zero-order valence-corrected chi connectivity index (χ0v) is 24.9. The highest BCUT2D eigenvalue weighted by molar-refractivity contribution is 7.92. The van der Waals surface area contributed by atoms with Gasteiger partial charge in [0, 0.05) is 24.4 Å². The Balaban J connectivity index is 1.62. The van der Waals surface area contributed by atoms with Crippen LogP contribution in [-0.4, -0.2) is 60.9 Å². The van der Waals surface area contributed by atoms with Crippen LogP contribution < -0.4 is 13.9 Å². The van der Waals surface area contributed by atoms with Gasteiger partial charge in [-0.05, 0) is 54.8 Å². The molecule has 45 heavy (non-hydrogen) atoms. The molecule has 0 spiro atoms. The summed E-state index contributed by atoms with van der Waals surface area (Å²) in [5.41, 5.74) is -1.67. The van der Waals surface area contributed by atoms with E-state index in [2.05, 4.69) is 4.74 Å². The number of anilines is 2. The van der Waals surface area contributed by atoms with Crippen molar-refractivity contribution < 1.29 is 57.0 Å². The molecule has 0 amide bonds. The molecule has 0 bridgehead atoms. The lowest BCUT2D eigenvalue weighted by Gasteiger charge is -2.48. The lowest BCUT2D eigenvalue weighted by molar-refractivity contribution is -0.137. The third-order valence-electron chi connectivity index (χ3n) is 7.40. The van der Waals surface area contributed by atoms with Gasteiger partial charge in [-0.1, -0.05) is 12.1 Å². The highest BCUT2D eigenvalue weighted by atomic mass is 32.2. The van der Waals surface area contributed by atoms with Crippen molar-refractivity contribution in [3.63, 3.8) is 0 Å². The quantitative estimate of drug-likeness (QED) is 0.277. The van der Waals surface area contributed by atoms with E-state index in [1.807, 2.05) is 4.90 Å². The van der Waals surface area contributed by atoms with E-state index in [1.54, 1.807) is 0 Å². The number of ether oxygens (including phenoxy) is 2. The van der Waals surface area contributed by atoms with Crippen molar-refractivity contribution in [3.05, 3.63) is 71.8 Å². The Kier molecular flexibility index (Phi) is 8.74. The number of piperidine rings is 1. The van der Waals surface area contributed by atoms with Crippen molar-refractivity contribution in [1.29, 1.82) is 0 Å². The molecule has 1 unspecified atom stereocenters. The van der Waals surface area contributed by atoms with Gasteiger partial charge in [0.2, 0.25) is 0 Å². The number of halogens is 7. The Hall–Kier alpha value is -3.57. The number of hydrogen-bond donors (Lipinski definition) is 0. The number of fused-ring (bicyclic) bond motifs is 3. The van der Waals surface area contributed by atoms with E-state index in [-0.39, 0.29) is 36.4 Å². The second-order valence-electron chi connectivity index (χ2n) is 10.6.